The minimum absolute atomic E-state index is 0.0806. The van der Waals surface area contributed by atoms with Gasteiger partial charge in [-0.15, -0.1) is 5.10 Å². The number of aryl methyl sites for hydroxylation is 1. The van der Waals surface area contributed by atoms with E-state index in [-0.39, 0.29) is 17.6 Å². The van der Waals surface area contributed by atoms with Crippen molar-refractivity contribution in [2.75, 3.05) is 6.26 Å². The Morgan fingerprint density at radius 2 is 1.68 bits per heavy atom. The average molecular weight is 387 g/mol. The van der Waals surface area contributed by atoms with Crippen LogP contribution in [0, 0.1) is 12.8 Å². The molecule has 0 aliphatic rings. The predicted octanol–water partition coefficient (Wildman–Crippen LogP) is 1.60. The van der Waals surface area contributed by atoms with Gasteiger partial charge in [0, 0.05) is 6.26 Å². The van der Waals surface area contributed by atoms with Crippen molar-refractivity contribution in [1.29, 1.82) is 0 Å². The van der Waals surface area contributed by atoms with Gasteiger partial charge in [-0.25, -0.2) is 21.6 Å². The summed E-state index contributed by atoms with van der Waals surface area (Å²) in [6, 6.07) is 6.34. The summed E-state index contributed by atoms with van der Waals surface area (Å²) in [6.07, 6.45) is 0.941. The zero-order chi connectivity index (χ0) is 18.8. The van der Waals surface area contributed by atoms with Crippen LogP contribution in [0.25, 0.3) is 0 Å². The van der Waals surface area contributed by atoms with Gasteiger partial charge in [0.1, 0.15) is 6.04 Å². The quantitative estimate of drug-likeness (QED) is 0.766. The summed E-state index contributed by atoms with van der Waals surface area (Å²) < 4.78 is 55.5. The third kappa shape index (κ3) is 5.35. The van der Waals surface area contributed by atoms with Gasteiger partial charge < -0.3 is 4.42 Å². The number of sulfone groups is 1. The molecule has 10 heteroatoms. The molecule has 0 fully saturated rings. The SMILES string of the molecule is Cc1ccc(CS(=O)(=O)N[C@H](c2nnc(S(C)(=O)=O)o2)C(C)C)cc1. The van der Waals surface area contributed by atoms with Crippen molar-refractivity contribution in [3.05, 3.63) is 41.3 Å². The molecule has 0 aliphatic carbocycles. The lowest BCUT2D eigenvalue weighted by molar-refractivity contribution is 0.327. The Kier molecular flexibility index (Phi) is 5.65. The highest BCUT2D eigenvalue weighted by Crippen LogP contribution is 2.23. The summed E-state index contributed by atoms with van der Waals surface area (Å²) in [6.45, 7) is 5.45. The highest BCUT2D eigenvalue weighted by Gasteiger charge is 2.29. The van der Waals surface area contributed by atoms with Crippen LogP contribution in [0.3, 0.4) is 0 Å². The van der Waals surface area contributed by atoms with E-state index in [0.29, 0.717) is 5.56 Å². The molecular weight excluding hydrogens is 366 g/mol. The lowest BCUT2D eigenvalue weighted by Gasteiger charge is -2.18. The highest BCUT2D eigenvalue weighted by atomic mass is 32.2. The second-order valence-corrected chi connectivity index (χ2v) is 9.91. The first-order valence-corrected chi connectivity index (χ1v) is 11.1. The van der Waals surface area contributed by atoms with Crippen LogP contribution in [-0.2, 0) is 25.6 Å². The number of aromatic nitrogens is 2. The maximum Gasteiger partial charge on any atom is 0.335 e. The fourth-order valence-corrected chi connectivity index (χ4v) is 4.01. The molecule has 1 N–H and O–H groups in total. The third-order valence-corrected chi connectivity index (χ3v) is 5.58. The van der Waals surface area contributed by atoms with Crippen molar-refractivity contribution >= 4 is 19.9 Å². The van der Waals surface area contributed by atoms with Crippen molar-refractivity contribution in [3.8, 4) is 0 Å². The second-order valence-electron chi connectivity index (χ2n) is 6.26. The molecule has 0 radical (unpaired) electrons. The van der Waals surface area contributed by atoms with E-state index in [9.17, 15) is 16.8 Å². The van der Waals surface area contributed by atoms with Crippen molar-refractivity contribution < 1.29 is 21.3 Å². The molecule has 0 aliphatic heterocycles. The molecule has 2 aromatic rings. The monoisotopic (exact) mass is 387 g/mol. The third-order valence-electron chi connectivity index (χ3n) is 3.46. The fourth-order valence-electron chi connectivity index (χ4n) is 2.11. The van der Waals surface area contributed by atoms with Crippen LogP contribution in [-0.4, -0.2) is 33.3 Å². The summed E-state index contributed by atoms with van der Waals surface area (Å²) >= 11 is 0. The smallest absolute Gasteiger partial charge is 0.335 e. The molecule has 138 valence electrons. The molecule has 25 heavy (non-hydrogen) atoms. The van der Waals surface area contributed by atoms with Gasteiger partial charge >= 0.3 is 5.22 Å². The first-order valence-electron chi connectivity index (χ1n) is 7.57. The van der Waals surface area contributed by atoms with Gasteiger partial charge in [-0.3, -0.25) is 0 Å². The molecule has 0 saturated carbocycles. The van der Waals surface area contributed by atoms with Crippen molar-refractivity contribution in [3.63, 3.8) is 0 Å². The summed E-state index contributed by atoms with van der Waals surface area (Å²) in [5, 5.41) is 6.62. The molecule has 0 unspecified atom stereocenters. The number of rotatable bonds is 7. The van der Waals surface area contributed by atoms with Crippen LogP contribution in [0.5, 0.6) is 0 Å². The molecule has 8 nitrogen and oxygen atoms in total. The maximum atomic E-state index is 12.5. The van der Waals surface area contributed by atoms with Gasteiger partial charge in [0.15, 0.2) is 0 Å². The Labute approximate surface area is 147 Å². The van der Waals surface area contributed by atoms with Crippen LogP contribution in [0.2, 0.25) is 0 Å². The Hall–Kier alpha value is -1.78. The zero-order valence-corrected chi connectivity index (χ0v) is 16.1. The second kappa shape index (κ2) is 7.22. The number of nitrogens with zero attached hydrogens (tertiary/aromatic N) is 2. The summed E-state index contributed by atoms with van der Waals surface area (Å²) in [7, 11) is -7.35. The molecule has 0 spiro atoms. The Morgan fingerprint density at radius 3 is 2.16 bits per heavy atom. The zero-order valence-electron chi connectivity index (χ0n) is 14.4. The van der Waals surface area contributed by atoms with E-state index >= 15 is 0 Å². The average Bonchev–Trinajstić information content (AvgIpc) is 2.96. The number of benzene rings is 1. The normalized spacial score (nSPS) is 14.0. The van der Waals surface area contributed by atoms with Crippen LogP contribution in [0.4, 0.5) is 0 Å². The molecular formula is C15H21N3O5S2. The Balaban J connectivity index is 2.23. The van der Waals surface area contributed by atoms with Gasteiger partial charge in [-0.1, -0.05) is 48.8 Å². The van der Waals surface area contributed by atoms with E-state index < -0.39 is 31.1 Å². The van der Waals surface area contributed by atoms with E-state index in [2.05, 4.69) is 14.9 Å². The largest absolute Gasteiger partial charge is 0.411 e. The van der Waals surface area contributed by atoms with Gasteiger partial charge in [-0.2, -0.15) is 0 Å². The van der Waals surface area contributed by atoms with Crippen LogP contribution >= 0.6 is 0 Å². The molecule has 1 atom stereocenters. The Bertz CT molecular complexity index is 932. The Morgan fingerprint density at radius 1 is 1.08 bits per heavy atom. The summed E-state index contributed by atoms with van der Waals surface area (Å²) in [4.78, 5) is 0. The highest BCUT2D eigenvalue weighted by molar-refractivity contribution is 7.90. The molecule has 1 aromatic carbocycles. The van der Waals surface area contributed by atoms with Crippen LogP contribution in [0.15, 0.2) is 33.9 Å². The molecule has 0 bridgehead atoms. The number of nitrogens with one attached hydrogen (secondary N) is 1. The van der Waals surface area contributed by atoms with Crippen molar-refractivity contribution in [2.45, 2.75) is 37.8 Å². The van der Waals surface area contributed by atoms with E-state index in [0.717, 1.165) is 11.8 Å². The van der Waals surface area contributed by atoms with Gasteiger partial charge in [-0.05, 0) is 18.4 Å². The van der Waals surface area contributed by atoms with E-state index in [4.69, 9.17) is 4.42 Å². The van der Waals surface area contributed by atoms with Gasteiger partial charge in [0.2, 0.25) is 25.8 Å². The topological polar surface area (TPSA) is 119 Å². The summed E-state index contributed by atoms with van der Waals surface area (Å²) in [5.74, 6) is -0.507. The molecule has 0 amide bonds. The molecule has 2 rings (SSSR count). The van der Waals surface area contributed by atoms with Crippen molar-refractivity contribution in [1.82, 2.24) is 14.9 Å². The number of sulfonamides is 1. The summed E-state index contributed by atoms with van der Waals surface area (Å²) in [5.41, 5.74) is 1.68. The minimum atomic E-state index is -3.69. The van der Waals surface area contributed by atoms with E-state index in [1.165, 1.54) is 0 Å². The van der Waals surface area contributed by atoms with Crippen molar-refractivity contribution in [2.24, 2.45) is 5.92 Å². The fraction of sp³-hybridized carbons (Fsp3) is 0.467. The number of hydrogen-bond donors (Lipinski definition) is 1. The standard InChI is InChI=1S/C15H21N3O5S2/c1-10(2)13(14-16-17-15(23-14)24(4,19)20)18-25(21,22)9-12-7-5-11(3)6-8-12/h5-8,10,13,18H,9H2,1-4H3/t13-/m0/s1. The predicted molar refractivity (Wildman–Crippen MR) is 91.9 cm³/mol. The minimum Gasteiger partial charge on any atom is -0.411 e. The van der Waals surface area contributed by atoms with Gasteiger partial charge in [0.05, 0.1) is 5.75 Å². The lowest BCUT2D eigenvalue weighted by Crippen LogP contribution is -2.33. The number of hydrogen-bond acceptors (Lipinski definition) is 7. The first-order chi connectivity index (χ1) is 11.5. The van der Waals surface area contributed by atoms with Gasteiger partial charge in [0.25, 0.3) is 0 Å². The molecule has 1 heterocycles. The molecule has 0 saturated heterocycles. The molecule has 1 aromatic heterocycles. The van der Waals surface area contributed by atoms with Crippen LogP contribution in [0.1, 0.15) is 36.9 Å². The first kappa shape index (κ1) is 19.5. The van der Waals surface area contributed by atoms with E-state index in [1.54, 1.807) is 26.0 Å². The maximum absolute atomic E-state index is 12.5. The van der Waals surface area contributed by atoms with Crippen LogP contribution < -0.4 is 4.72 Å². The van der Waals surface area contributed by atoms with E-state index in [1.807, 2.05) is 19.1 Å². The lowest BCUT2D eigenvalue weighted by atomic mass is 10.1.